The number of aryl methyl sites for hydroxylation is 2. The van der Waals surface area contributed by atoms with E-state index in [-0.39, 0.29) is 32.3 Å². The summed E-state index contributed by atoms with van der Waals surface area (Å²) in [5.74, 6) is 0.455. The Morgan fingerprint density at radius 1 is 1.47 bits per heavy atom. The summed E-state index contributed by atoms with van der Waals surface area (Å²) in [5.41, 5.74) is 0.927. The van der Waals surface area contributed by atoms with Gasteiger partial charge in [-0.3, -0.25) is 10.00 Å². The molecule has 0 atom stereocenters. The molecule has 96 valence electrons. The first-order valence-corrected chi connectivity index (χ1v) is 5.36. The molecule has 0 aliphatic rings. The Balaban J connectivity index is 2.62. The molecule has 1 aromatic rings. The number of amides is 2. The van der Waals surface area contributed by atoms with Crippen molar-refractivity contribution in [2.45, 2.75) is 6.92 Å². The fourth-order valence-corrected chi connectivity index (χ4v) is 1.37. The molecule has 0 saturated heterocycles. The molecule has 7 heteroatoms. The lowest BCUT2D eigenvalue weighted by atomic mass is 10.4. The Labute approximate surface area is 99.7 Å². The number of anilines is 1. The zero-order chi connectivity index (χ0) is 12.8. The van der Waals surface area contributed by atoms with Gasteiger partial charge in [0.15, 0.2) is 5.82 Å². The zero-order valence-electron chi connectivity index (χ0n) is 10.1. The maximum Gasteiger partial charge on any atom is 0.323 e. The highest BCUT2D eigenvalue weighted by molar-refractivity contribution is 5.88. The highest BCUT2D eigenvalue weighted by atomic mass is 16.3. The normalized spacial score (nSPS) is 10.4. The molecule has 0 spiro atoms. The molecule has 0 radical (unpaired) electrons. The van der Waals surface area contributed by atoms with Crippen LogP contribution in [0.4, 0.5) is 10.6 Å². The molecule has 0 fully saturated rings. The molecular weight excluding hydrogens is 224 g/mol. The fraction of sp³-hybridized carbons (Fsp3) is 0.600. The molecule has 17 heavy (non-hydrogen) atoms. The van der Waals surface area contributed by atoms with Crippen LogP contribution in [0.15, 0.2) is 6.07 Å². The standard InChI is InChI=1S/C10H18N4O3/c1-8-7-9(12-13(8)2)11-10(17)14(3-5-15)4-6-16/h7,15-16H,3-6H2,1-2H3,(H,11,12,17). The average Bonchev–Trinajstić information content (AvgIpc) is 2.57. The van der Waals surface area contributed by atoms with Crippen molar-refractivity contribution in [3.63, 3.8) is 0 Å². The van der Waals surface area contributed by atoms with Crippen molar-refractivity contribution >= 4 is 11.8 Å². The van der Waals surface area contributed by atoms with Crippen molar-refractivity contribution in [2.24, 2.45) is 7.05 Å². The third-order valence-electron chi connectivity index (χ3n) is 2.38. The van der Waals surface area contributed by atoms with Crippen LogP contribution < -0.4 is 5.32 Å². The number of nitrogens with one attached hydrogen (secondary N) is 1. The Bertz CT molecular complexity index is 352. The Kier molecular flexibility index (Phi) is 4.92. The molecule has 0 bridgehead atoms. The molecule has 1 aromatic heterocycles. The molecule has 7 nitrogen and oxygen atoms in total. The van der Waals surface area contributed by atoms with Gasteiger partial charge in [0, 0.05) is 31.9 Å². The zero-order valence-corrected chi connectivity index (χ0v) is 10.1. The number of carbonyl (C=O) groups excluding carboxylic acids is 1. The second-order valence-corrected chi connectivity index (χ2v) is 3.66. The van der Waals surface area contributed by atoms with Crippen LogP contribution in [0.2, 0.25) is 0 Å². The SMILES string of the molecule is Cc1cc(NC(=O)N(CCO)CCO)nn1C. The van der Waals surface area contributed by atoms with Crippen LogP contribution in [0, 0.1) is 6.92 Å². The van der Waals surface area contributed by atoms with Crippen molar-refractivity contribution < 1.29 is 15.0 Å². The first-order valence-electron chi connectivity index (χ1n) is 5.36. The van der Waals surface area contributed by atoms with Crippen LogP contribution >= 0.6 is 0 Å². The van der Waals surface area contributed by atoms with E-state index in [0.717, 1.165) is 5.69 Å². The predicted octanol–water partition coefficient (Wildman–Crippen LogP) is -0.453. The Hall–Kier alpha value is -1.60. The van der Waals surface area contributed by atoms with E-state index < -0.39 is 0 Å². The minimum absolute atomic E-state index is 0.144. The average molecular weight is 242 g/mol. The van der Waals surface area contributed by atoms with Crippen molar-refractivity contribution in [3.8, 4) is 0 Å². The molecule has 0 aliphatic carbocycles. The summed E-state index contributed by atoms with van der Waals surface area (Å²) in [4.78, 5) is 13.1. The number of aliphatic hydroxyl groups is 2. The van der Waals surface area contributed by atoms with Crippen LogP contribution in [-0.4, -0.2) is 57.2 Å². The molecule has 1 heterocycles. The van der Waals surface area contributed by atoms with E-state index in [2.05, 4.69) is 10.4 Å². The summed E-state index contributed by atoms with van der Waals surface area (Å²) in [5, 5.41) is 24.3. The number of aliphatic hydroxyl groups excluding tert-OH is 2. The van der Waals surface area contributed by atoms with Crippen LogP contribution in [0.5, 0.6) is 0 Å². The highest BCUT2D eigenvalue weighted by Gasteiger charge is 2.13. The van der Waals surface area contributed by atoms with Crippen molar-refractivity contribution in [1.82, 2.24) is 14.7 Å². The van der Waals surface area contributed by atoms with Crippen LogP contribution in [0.25, 0.3) is 0 Å². The number of nitrogens with zero attached hydrogens (tertiary/aromatic N) is 3. The van der Waals surface area contributed by atoms with Crippen molar-refractivity contribution in [3.05, 3.63) is 11.8 Å². The third kappa shape index (κ3) is 3.72. The van der Waals surface area contributed by atoms with E-state index in [4.69, 9.17) is 10.2 Å². The number of urea groups is 1. The van der Waals surface area contributed by atoms with Crippen molar-refractivity contribution in [1.29, 1.82) is 0 Å². The van der Waals surface area contributed by atoms with E-state index >= 15 is 0 Å². The lowest BCUT2D eigenvalue weighted by Gasteiger charge is -2.20. The summed E-state index contributed by atoms with van der Waals surface area (Å²) >= 11 is 0. The quantitative estimate of drug-likeness (QED) is 0.652. The maximum atomic E-state index is 11.8. The molecule has 0 unspecified atom stereocenters. The topological polar surface area (TPSA) is 90.6 Å². The maximum absolute atomic E-state index is 11.8. The van der Waals surface area contributed by atoms with Gasteiger partial charge >= 0.3 is 6.03 Å². The summed E-state index contributed by atoms with van der Waals surface area (Å²) < 4.78 is 1.65. The van der Waals surface area contributed by atoms with E-state index in [9.17, 15) is 4.79 Å². The number of rotatable bonds is 5. The van der Waals surface area contributed by atoms with Crippen molar-refractivity contribution in [2.75, 3.05) is 31.6 Å². The molecule has 0 saturated carbocycles. The van der Waals surface area contributed by atoms with Gasteiger partial charge in [-0.2, -0.15) is 5.10 Å². The lowest BCUT2D eigenvalue weighted by Crippen LogP contribution is -2.39. The first kappa shape index (κ1) is 13.5. The fourth-order valence-electron chi connectivity index (χ4n) is 1.37. The summed E-state index contributed by atoms with van der Waals surface area (Å²) in [7, 11) is 1.78. The second-order valence-electron chi connectivity index (χ2n) is 3.66. The van der Waals surface area contributed by atoms with Gasteiger partial charge in [-0.05, 0) is 6.92 Å². The van der Waals surface area contributed by atoms with Gasteiger partial charge in [-0.1, -0.05) is 0 Å². The van der Waals surface area contributed by atoms with Gasteiger partial charge in [0.2, 0.25) is 0 Å². The smallest absolute Gasteiger partial charge is 0.323 e. The number of hydrogen-bond acceptors (Lipinski definition) is 4. The largest absolute Gasteiger partial charge is 0.395 e. The Morgan fingerprint density at radius 2 is 2.06 bits per heavy atom. The number of carbonyl (C=O) groups is 1. The molecule has 1 rings (SSSR count). The van der Waals surface area contributed by atoms with Gasteiger partial charge in [-0.25, -0.2) is 4.79 Å². The van der Waals surface area contributed by atoms with E-state index in [1.807, 2.05) is 6.92 Å². The van der Waals surface area contributed by atoms with Gasteiger partial charge < -0.3 is 15.1 Å². The molecule has 0 aromatic carbocycles. The summed E-state index contributed by atoms with van der Waals surface area (Å²) in [6.07, 6.45) is 0. The van der Waals surface area contributed by atoms with Gasteiger partial charge in [0.25, 0.3) is 0 Å². The number of hydrogen-bond donors (Lipinski definition) is 3. The first-order chi connectivity index (χ1) is 8.08. The molecule has 2 amide bonds. The summed E-state index contributed by atoms with van der Waals surface area (Å²) in [6.45, 7) is 1.95. The van der Waals surface area contributed by atoms with Gasteiger partial charge in [-0.15, -0.1) is 0 Å². The third-order valence-corrected chi connectivity index (χ3v) is 2.38. The highest BCUT2D eigenvalue weighted by Crippen LogP contribution is 2.07. The minimum atomic E-state index is -0.383. The molecule has 0 aliphatic heterocycles. The summed E-state index contributed by atoms with van der Waals surface area (Å²) in [6, 6.07) is 1.36. The second kappa shape index (κ2) is 6.21. The van der Waals surface area contributed by atoms with Crippen LogP contribution in [-0.2, 0) is 7.05 Å². The van der Waals surface area contributed by atoms with Crippen LogP contribution in [0.1, 0.15) is 5.69 Å². The van der Waals surface area contributed by atoms with E-state index in [0.29, 0.717) is 5.82 Å². The molecule has 3 N–H and O–H groups in total. The van der Waals surface area contributed by atoms with Gasteiger partial charge in [0.1, 0.15) is 0 Å². The molecular formula is C10H18N4O3. The predicted molar refractivity (Wildman–Crippen MR) is 62.7 cm³/mol. The van der Waals surface area contributed by atoms with Gasteiger partial charge in [0.05, 0.1) is 13.2 Å². The minimum Gasteiger partial charge on any atom is -0.395 e. The number of aromatic nitrogens is 2. The Morgan fingerprint density at radius 3 is 2.47 bits per heavy atom. The van der Waals surface area contributed by atoms with Crippen LogP contribution in [0.3, 0.4) is 0 Å². The lowest BCUT2D eigenvalue weighted by molar-refractivity contribution is 0.167. The monoisotopic (exact) mass is 242 g/mol. The van der Waals surface area contributed by atoms with E-state index in [1.165, 1.54) is 4.90 Å². The van der Waals surface area contributed by atoms with E-state index in [1.54, 1.807) is 17.8 Å².